The van der Waals surface area contributed by atoms with Crippen LogP contribution in [-0.4, -0.2) is 10.2 Å². The number of unbranched alkanes of at least 4 members (excludes halogenated alkanes) is 2. The quantitative estimate of drug-likeness (QED) is 0.535. The Kier molecular flexibility index (Phi) is 5.23. The van der Waals surface area contributed by atoms with E-state index in [1.807, 2.05) is 12.3 Å². The van der Waals surface area contributed by atoms with Gasteiger partial charge in [-0.1, -0.05) is 12.5 Å². The van der Waals surface area contributed by atoms with E-state index in [0.717, 1.165) is 25.7 Å². The van der Waals surface area contributed by atoms with Crippen molar-refractivity contribution in [3.8, 4) is 0 Å². The van der Waals surface area contributed by atoms with E-state index in [1.54, 1.807) is 6.20 Å². The van der Waals surface area contributed by atoms with Crippen molar-refractivity contribution in [2.75, 3.05) is 0 Å². The molecule has 0 aliphatic carbocycles. The minimum Gasteiger partial charge on any atom is -0.281 e. The molecule has 0 unspecified atom stereocenters. The fraction of sp³-hybridized carbons (Fsp3) is 0.455. The molecule has 76 valence electrons. The van der Waals surface area contributed by atoms with Gasteiger partial charge in [0, 0.05) is 18.8 Å². The first-order chi connectivity index (χ1) is 6.79. The summed E-state index contributed by atoms with van der Waals surface area (Å²) >= 11 is 5.22. The SMILES string of the molecule is O=C(Cl)CCCCCc1cccnc1. The fourth-order valence-electron chi connectivity index (χ4n) is 1.32. The van der Waals surface area contributed by atoms with Crippen molar-refractivity contribution in [3.63, 3.8) is 0 Å². The van der Waals surface area contributed by atoms with Crippen LogP contribution in [0.4, 0.5) is 0 Å². The molecule has 1 aromatic heterocycles. The average molecular weight is 212 g/mol. The van der Waals surface area contributed by atoms with E-state index >= 15 is 0 Å². The number of carbonyl (C=O) groups excluding carboxylic acids is 1. The highest BCUT2D eigenvalue weighted by Gasteiger charge is 1.96. The molecule has 0 spiro atoms. The predicted molar refractivity (Wildman–Crippen MR) is 57.3 cm³/mol. The molecule has 0 radical (unpaired) electrons. The van der Waals surface area contributed by atoms with Crippen LogP contribution < -0.4 is 0 Å². The molecule has 0 atom stereocenters. The zero-order valence-corrected chi connectivity index (χ0v) is 8.83. The van der Waals surface area contributed by atoms with Crippen molar-refractivity contribution in [1.29, 1.82) is 0 Å². The normalized spacial score (nSPS) is 10.1. The van der Waals surface area contributed by atoms with E-state index < -0.39 is 0 Å². The highest BCUT2D eigenvalue weighted by molar-refractivity contribution is 6.63. The molecule has 0 fully saturated rings. The lowest BCUT2D eigenvalue weighted by Gasteiger charge is -1.99. The maximum absolute atomic E-state index is 10.4. The van der Waals surface area contributed by atoms with Crippen molar-refractivity contribution in [2.24, 2.45) is 0 Å². The molecule has 0 bridgehead atoms. The van der Waals surface area contributed by atoms with E-state index in [-0.39, 0.29) is 5.24 Å². The second-order valence-electron chi connectivity index (χ2n) is 3.28. The summed E-state index contributed by atoms with van der Waals surface area (Å²) in [5.41, 5.74) is 1.25. The number of pyridine rings is 1. The van der Waals surface area contributed by atoms with Crippen LogP contribution in [0, 0.1) is 0 Å². The highest BCUT2D eigenvalue weighted by Crippen LogP contribution is 2.07. The molecule has 0 aliphatic heterocycles. The summed E-state index contributed by atoms with van der Waals surface area (Å²) in [6.45, 7) is 0. The molecular formula is C11H14ClNO. The number of carbonyl (C=O) groups is 1. The Labute approximate surface area is 89.3 Å². The first-order valence-corrected chi connectivity index (χ1v) is 5.24. The molecular weight excluding hydrogens is 198 g/mol. The lowest BCUT2D eigenvalue weighted by molar-refractivity contribution is -0.111. The minimum absolute atomic E-state index is 0.230. The molecule has 2 nitrogen and oxygen atoms in total. The standard InChI is InChI=1S/C11H14ClNO/c12-11(14)7-3-1-2-5-10-6-4-8-13-9-10/h4,6,8-9H,1-3,5,7H2. The van der Waals surface area contributed by atoms with Gasteiger partial charge in [0.25, 0.3) is 0 Å². The van der Waals surface area contributed by atoms with Crippen molar-refractivity contribution >= 4 is 16.8 Å². The Hall–Kier alpha value is -0.890. The summed E-state index contributed by atoms with van der Waals surface area (Å²) < 4.78 is 0. The summed E-state index contributed by atoms with van der Waals surface area (Å²) in [7, 11) is 0. The van der Waals surface area contributed by atoms with Gasteiger partial charge >= 0.3 is 0 Å². The van der Waals surface area contributed by atoms with Gasteiger partial charge in [-0.25, -0.2) is 0 Å². The largest absolute Gasteiger partial charge is 0.281 e. The molecule has 14 heavy (non-hydrogen) atoms. The topological polar surface area (TPSA) is 30.0 Å². The van der Waals surface area contributed by atoms with Gasteiger partial charge in [0.1, 0.15) is 0 Å². The Morgan fingerprint density at radius 3 is 2.86 bits per heavy atom. The Morgan fingerprint density at radius 2 is 2.21 bits per heavy atom. The van der Waals surface area contributed by atoms with Gasteiger partial charge in [0.15, 0.2) is 0 Å². The van der Waals surface area contributed by atoms with Gasteiger partial charge in [-0.2, -0.15) is 0 Å². The van der Waals surface area contributed by atoms with Crippen molar-refractivity contribution in [3.05, 3.63) is 30.1 Å². The molecule has 0 saturated heterocycles. The molecule has 1 heterocycles. The summed E-state index contributed by atoms with van der Waals surface area (Å²) in [5, 5.41) is -0.230. The minimum atomic E-state index is -0.230. The van der Waals surface area contributed by atoms with E-state index in [1.165, 1.54) is 5.56 Å². The van der Waals surface area contributed by atoms with E-state index in [9.17, 15) is 4.79 Å². The summed E-state index contributed by atoms with van der Waals surface area (Å²) in [6.07, 6.45) is 8.22. The summed E-state index contributed by atoms with van der Waals surface area (Å²) in [4.78, 5) is 14.5. The predicted octanol–water partition coefficient (Wildman–Crippen LogP) is 2.95. The molecule has 0 N–H and O–H groups in total. The molecule has 1 rings (SSSR count). The van der Waals surface area contributed by atoms with Crippen molar-refractivity contribution in [1.82, 2.24) is 4.98 Å². The number of nitrogens with zero attached hydrogens (tertiary/aromatic N) is 1. The Bertz CT molecular complexity index is 274. The molecule has 0 amide bonds. The number of hydrogen-bond acceptors (Lipinski definition) is 2. The highest BCUT2D eigenvalue weighted by atomic mass is 35.5. The number of aryl methyl sites for hydroxylation is 1. The van der Waals surface area contributed by atoms with E-state index in [4.69, 9.17) is 11.6 Å². The van der Waals surface area contributed by atoms with Crippen LogP contribution in [0.3, 0.4) is 0 Å². The molecule has 0 saturated carbocycles. The van der Waals surface area contributed by atoms with Crippen LogP contribution in [0.5, 0.6) is 0 Å². The fourth-order valence-corrected chi connectivity index (χ4v) is 1.45. The molecule has 1 aromatic rings. The smallest absolute Gasteiger partial charge is 0.221 e. The third-order valence-electron chi connectivity index (χ3n) is 2.06. The second kappa shape index (κ2) is 6.55. The van der Waals surface area contributed by atoms with Gasteiger partial charge in [-0.3, -0.25) is 9.78 Å². The Balaban J connectivity index is 2.08. The van der Waals surface area contributed by atoms with Crippen LogP contribution in [0.15, 0.2) is 24.5 Å². The summed E-state index contributed by atoms with van der Waals surface area (Å²) in [5.74, 6) is 0. The van der Waals surface area contributed by atoms with E-state index in [0.29, 0.717) is 6.42 Å². The molecule has 3 heteroatoms. The van der Waals surface area contributed by atoms with Crippen LogP contribution in [-0.2, 0) is 11.2 Å². The monoisotopic (exact) mass is 211 g/mol. The first kappa shape index (κ1) is 11.2. The summed E-state index contributed by atoms with van der Waals surface area (Å²) in [6, 6.07) is 4.01. The second-order valence-corrected chi connectivity index (χ2v) is 3.70. The molecule has 0 aromatic carbocycles. The number of hydrogen-bond donors (Lipinski definition) is 0. The van der Waals surface area contributed by atoms with Gasteiger partial charge in [-0.15, -0.1) is 0 Å². The third kappa shape index (κ3) is 4.97. The number of halogens is 1. The zero-order valence-electron chi connectivity index (χ0n) is 8.08. The number of aromatic nitrogens is 1. The Morgan fingerprint density at radius 1 is 1.36 bits per heavy atom. The van der Waals surface area contributed by atoms with E-state index in [2.05, 4.69) is 11.1 Å². The first-order valence-electron chi connectivity index (χ1n) is 4.86. The maximum Gasteiger partial charge on any atom is 0.221 e. The van der Waals surface area contributed by atoms with Crippen molar-refractivity contribution in [2.45, 2.75) is 32.1 Å². The average Bonchev–Trinajstić information content (AvgIpc) is 2.18. The van der Waals surface area contributed by atoms with Crippen LogP contribution >= 0.6 is 11.6 Å². The molecule has 0 aliphatic rings. The number of rotatable bonds is 6. The van der Waals surface area contributed by atoms with Crippen LogP contribution in [0.25, 0.3) is 0 Å². The third-order valence-corrected chi connectivity index (χ3v) is 2.25. The van der Waals surface area contributed by atoms with Gasteiger partial charge < -0.3 is 0 Å². The van der Waals surface area contributed by atoms with Gasteiger partial charge in [0.2, 0.25) is 5.24 Å². The van der Waals surface area contributed by atoms with Crippen molar-refractivity contribution < 1.29 is 4.79 Å². The maximum atomic E-state index is 10.4. The lowest BCUT2D eigenvalue weighted by Crippen LogP contribution is -1.89. The zero-order chi connectivity index (χ0) is 10.2. The van der Waals surface area contributed by atoms with Crippen LogP contribution in [0.2, 0.25) is 0 Å². The lowest BCUT2D eigenvalue weighted by atomic mass is 10.1. The van der Waals surface area contributed by atoms with Gasteiger partial charge in [-0.05, 0) is 42.5 Å². The van der Waals surface area contributed by atoms with Gasteiger partial charge in [0.05, 0.1) is 0 Å². The van der Waals surface area contributed by atoms with Crippen LogP contribution in [0.1, 0.15) is 31.2 Å².